The summed E-state index contributed by atoms with van der Waals surface area (Å²) in [4.78, 5) is 33.5. The van der Waals surface area contributed by atoms with Crippen LogP contribution in [0.3, 0.4) is 0 Å². The largest absolute Gasteiger partial charge is 0.497 e. The number of hydrogen-bond donors (Lipinski definition) is 2. The Kier molecular flexibility index (Phi) is 6.37. The van der Waals surface area contributed by atoms with Gasteiger partial charge in [-0.2, -0.15) is 5.10 Å². The van der Waals surface area contributed by atoms with Gasteiger partial charge >= 0.3 is 0 Å². The fourth-order valence-electron chi connectivity index (χ4n) is 5.42. The van der Waals surface area contributed by atoms with Gasteiger partial charge in [-0.25, -0.2) is 13.9 Å². The molecule has 1 saturated carbocycles. The van der Waals surface area contributed by atoms with Gasteiger partial charge < -0.3 is 20.3 Å². The van der Waals surface area contributed by atoms with Crippen molar-refractivity contribution >= 4 is 28.7 Å². The minimum Gasteiger partial charge on any atom is -0.497 e. The van der Waals surface area contributed by atoms with Gasteiger partial charge in [0.15, 0.2) is 23.0 Å². The van der Waals surface area contributed by atoms with Crippen LogP contribution in [-0.2, 0) is 20.0 Å². The third kappa shape index (κ3) is 4.76. The lowest BCUT2D eigenvalue weighted by Crippen LogP contribution is -2.29. The summed E-state index contributed by atoms with van der Waals surface area (Å²) in [6.45, 7) is 3.19. The van der Waals surface area contributed by atoms with Crippen molar-refractivity contribution < 1.29 is 13.9 Å². The maximum absolute atomic E-state index is 13.6. The molecule has 220 valence electrons. The molecular formula is C30H30FN9O3. The lowest BCUT2D eigenvalue weighted by molar-refractivity contribution is 0.0940. The van der Waals surface area contributed by atoms with E-state index in [9.17, 15) is 14.0 Å². The molecule has 0 unspecified atom stereocenters. The van der Waals surface area contributed by atoms with Crippen LogP contribution in [0.1, 0.15) is 33.7 Å². The van der Waals surface area contributed by atoms with E-state index < -0.39 is 18.1 Å². The summed E-state index contributed by atoms with van der Waals surface area (Å²) in [5.74, 6) is 1.26. The van der Waals surface area contributed by atoms with E-state index in [0.29, 0.717) is 48.9 Å². The molecule has 2 aliphatic rings. The summed E-state index contributed by atoms with van der Waals surface area (Å²) in [6.07, 6.45) is 3.03. The molecule has 1 aromatic carbocycles. The number of alkyl halides is 1. The topological polar surface area (TPSA) is 124 Å². The van der Waals surface area contributed by atoms with E-state index in [2.05, 4.69) is 25.6 Å². The van der Waals surface area contributed by atoms with E-state index >= 15 is 0 Å². The zero-order chi connectivity index (χ0) is 29.8. The van der Waals surface area contributed by atoms with Gasteiger partial charge in [-0.3, -0.25) is 18.8 Å². The Labute approximate surface area is 245 Å². The van der Waals surface area contributed by atoms with Gasteiger partial charge in [-0.05, 0) is 43.2 Å². The normalized spacial score (nSPS) is 17.3. The first-order chi connectivity index (χ1) is 20.8. The van der Waals surface area contributed by atoms with Crippen molar-refractivity contribution in [2.75, 3.05) is 23.9 Å². The average molecular weight is 584 g/mol. The number of rotatable bonds is 8. The Bertz CT molecular complexity index is 1910. The SMILES string of the molecule is COc1ccc(CN2CCc3c(Nc4cccn(-c5cc(C)n(C)n5)c4=O)nn4c(C(=O)N[C@@H]5C[C@@H]5F)cnc4c32)cc1. The van der Waals surface area contributed by atoms with Crippen LogP contribution in [0, 0.1) is 6.92 Å². The molecule has 5 heterocycles. The lowest BCUT2D eigenvalue weighted by atomic mass is 10.2. The van der Waals surface area contributed by atoms with Crippen LogP contribution in [-0.4, -0.2) is 60.7 Å². The molecule has 43 heavy (non-hydrogen) atoms. The second kappa shape index (κ2) is 10.3. The number of benzene rings is 1. The van der Waals surface area contributed by atoms with Crippen molar-refractivity contribution in [3.05, 3.63) is 87.7 Å². The molecule has 4 aromatic heterocycles. The molecule has 1 amide bonds. The van der Waals surface area contributed by atoms with E-state index in [1.165, 1.54) is 15.3 Å². The fraction of sp³-hybridized carbons (Fsp3) is 0.300. The van der Waals surface area contributed by atoms with E-state index in [4.69, 9.17) is 9.84 Å². The lowest BCUT2D eigenvalue weighted by Gasteiger charge is -2.21. The van der Waals surface area contributed by atoms with Crippen molar-refractivity contribution in [2.45, 2.75) is 38.5 Å². The summed E-state index contributed by atoms with van der Waals surface area (Å²) in [5.41, 5.74) is 4.39. The van der Waals surface area contributed by atoms with Crippen LogP contribution < -0.4 is 25.8 Å². The van der Waals surface area contributed by atoms with Crippen molar-refractivity contribution in [2.24, 2.45) is 7.05 Å². The number of nitrogens with one attached hydrogen (secondary N) is 2. The standard InChI is InChI=1S/C30H30FN9O3/c1-17-13-25(35-37(17)2)39-11-4-5-22(30(39)42)33-27-20-10-12-38(16-18-6-8-19(43-3)9-7-18)26(20)28-32-15-24(40(28)36-27)29(41)34-23-14-21(23)31/h4-9,11,13,15,21,23H,10,12,14,16H2,1-3H3,(H,33,36)(H,34,41)/t21-,23+/m0/s1. The van der Waals surface area contributed by atoms with Gasteiger partial charge in [0.1, 0.15) is 17.6 Å². The molecule has 2 N–H and O–H groups in total. The van der Waals surface area contributed by atoms with Crippen LogP contribution in [0.5, 0.6) is 5.75 Å². The van der Waals surface area contributed by atoms with E-state index in [0.717, 1.165) is 28.3 Å². The maximum Gasteiger partial charge on any atom is 0.280 e. The highest BCUT2D eigenvalue weighted by Crippen LogP contribution is 2.38. The quantitative estimate of drug-likeness (QED) is 0.286. The van der Waals surface area contributed by atoms with Crippen LogP contribution >= 0.6 is 0 Å². The molecule has 7 rings (SSSR count). The molecule has 13 heteroatoms. The van der Waals surface area contributed by atoms with Crippen LogP contribution in [0.4, 0.5) is 21.6 Å². The number of amides is 1. The van der Waals surface area contributed by atoms with Crippen LogP contribution in [0.2, 0.25) is 0 Å². The summed E-state index contributed by atoms with van der Waals surface area (Å²) in [6, 6.07) is 12.6. The number of halogens is 1. The van der Waals surface area contributed by atoms with Crippen molar-refractivity contribution in [1.29, 1.82) is 0 Å². The molecule has 1 fully saturated rings. The highest BCUT2D eigenvalue weighted by molar-refractivity contribution is 5.95. The predicted octanol–water partition coefficient (Wildman–Crippen LogP) is 3.08. The number of ether oxygens (including phenoxy) is 1. The van der Waals surface area contributed by atoms with Gasteiger partial charge in [-0.15, -0.1) is 5.10 Å². The van der Waals surface area contributed by atoms with Gasteiger partial charge in [0.25, 0.3) is 11.5 Å². The fourth-order valence-corrected chi connectivity index (χ4v) is 5.42. The summed E-state index contributed by atoms with van der Waals surface area (Å²) < 4.78 is 23.5. The minimum atomic E-state index is -1.04. The Morgan fingerprint density at radius 3 is 2.67 bits per heavy atom. The van der Waals surface area contributed by atoms with Gasteiger partial charge in [0.2, 0.25) is 0 Å². The minimum absolute atomic E-state index is 0.186. The molecule has 5 aromatic rings. The molecule has 1 aliphatic carbocycles. The average Bonchev–Trinajstić information content (AvgIpc) is 3.32. The van der Waals surface area contributed by atoms with Crippen molar-refractivity contribution in [3.63, 3.8) is 0 Å². The van der Waals surface area contributed by atoms with Gasteiger partial charge in [0, 0.05) is 50.1 Å². The van der Waals surface area contributed by atoms with E-state index in [1.807, 2.05) is 44.3 Å². The molecule has 0 bridgehead atoms. The number of carbonyl (C=O) groups excluding carboxylic acids is 1. The summed E-state index contributed by atoms with van der Waals surface area (Å²) in [7, 11) is 3.45. The zero-order valence-corrected chi connectivity index (χ0v) is 23.9. The second-order valence-corrected chi connectivity index (χ2v) is 10.9. The molecule has 1 aliphatic heterocycles. The second-order valence-electron chi connectivity index (χ2n) is 10.9. The summed E-state index contributed by atoms with van der Waals surface area (Å²) in [5, 5.41) is 15.2. The third-order valence-electron chi connectivity index (χ3n) is 8.01. The Balaban J connectivity index is 1.31. The van der Waals surface area contributed by atoms with Crippen LogP contribution in [0.25, 0.3) is 11.5 Å². The molecule has 0 spiro atoms. The Hall–Kier alpha value is -5.20. The molecule has 2 atom stereocenters. The zero-order valence-electron chi connectivity index (χ0n) is 23.9. The highest BCUT2D eigenvalue weighted by atomic mass is 19.1. The smallest absolute Gasteiger partial charge is 0.280 e. The number of aromatic nitrogens is 6. The number of pyridine rings is 1. The van der Waals surface area contributed by atoms with E-state index in [1.54, 1.807) is 30.1 Å². The monoisotopic (exact) mass is 583 g/mol. The van der Waals surface area contributed by atoms with Crippen molar-refractivity contribution in [1.82, 2.24) is 34.3 Å². The Morgan fingerprint density at radius 1 is 1.19 bits per heavy atom. The number of fused-ring (bicyclic) bond motifs is 3. The number of methoxy groups -OCH3 is 1. The first-order valence-corrected chi connectivity index (χ1v) is 14.0. The predicted molar refractivity (Wildman–Crippen MR) is 158 cm³/mol. The first-order valence-electron chi connectivity index (χ1n) is 14.0. The molecular weight excluding hydrogens is 553 g/mol. The summed E-state index contributed by atoms with van der Waals surface area (Å²) >= 11 is 0. The number of imidazole rings is 1. The van der Waals surface area contributed by atoms with Gasteiger partial charge in [0.05, 0.1) is 25.0 Å². The molecule has 0 saturated heterocycles. The number of hydrogen-bond acceptors (Lipinski definition) is 8. The maximum atomic E-state index is 13.6. The number of anilines is 3. The van der Waals surface area contributed by atoms with E-state index in [-0.39, 0.29) is 11.3 Å². The number of carbonyl (C=O) groups is 1. The number of nitrogens with zero attached hydrogens (tertiary/aromatic N) is 7. The molecule has 0 radical (unpaired) electrons. The van der Waals surface area contributed by atoms with Gasteiger partial charge in [-0.1, -0.05) is 12.1 Å². The number of aryl methyl sites for hydroxylation is 2. The molecule has 12 nitrogen and oxygen atoms in total. The first kappa shape index (κ1) is 26.7. The highest BCUT2D eigenvalue weighted by Gasteiger charge is 2.39. The Morgan fingerprint density at radius 2 is 1.98 bits per heavy atom. The third-order valence-corrected chi connectivity index (χ3v) is 8.01. The van der Waals surface area contributed by atoms with Crippen molar-refractivity contribution in [3.8, 4) is 11.6 Å². The van der Waals surface area contributed by atoms with Crippen LogP contribution in [0.15, 0.2) is 59.7 Å².